The number of benzene rings is 2. The normalized spacial score (nSPS) is 23.0. The molecule has 0 amide bonds. The zero-order valence-electron chi connectivity index (χ0n) is 17.3. The monoisotopic (exact) mass is 404 g/mol. The van der Waals surface area contributed by atoms with Crippen LogP contribution >= 0.6 is 0 Å². The number of rotatable bonds is 6. The molecule has 0 unspecified atom stereocenters. The Hall–Kier alpha value is -2.63. The fraction of sp³-hybridized carbons (Fsp3) is 0.400. The van der Waals surface area contributed by atoms with E-state index in [0.717, 1.165) is 60.6 Å². The van der Waals surface area contributed by atoms with E-state index in [0.29, 0.717) is 11.8 Å². The minimum atomic E-state index is -0.0165. The molecular formula is C25H28N2O3. The van der Waals surface area contributed by atoms with Gasteiger partial charge in [0.1, 0.15) is 11.4 Å². The molecule has 5 heteroatoms. The number of likely N-dealkylation sites (tertiary alicyclic amines) is 1. The third kappa shape index (κ3) is 3.42. The Morgan fingerprint density at radius 3 is 2.40 bits per heavy atom. The maximum Gasteiger partial charge on any atom is 0.152 e. The van der Waals surface area contributed by atoms with Crippen LogP contribution in [0.4, 0.5) is 0 Å². The number of phenols is 1. The van der Waals surface area contributed by atoms with Crippen LogP contribution in [0, 0.1) is 11.8 Å². The van der Waals surface area contributed by atoms with Crippen LogP contribution in [0.2, 0.25) is 0 Å². The molecule has 156 valence electrons. The first-order valence-electron chi connectivity index (χ1n) is 10.8. The van der Waals surface area contributed by atoms with Crippen molar-refractivity contribution in [3.05, 3.63) is 60.4 Å². The van der Waals surface area contributed by atoms with Gasteiger partial charge in [0.2, 0.25) is 0 Å². The van der Waals surface area contributed by atoms with Crippen molar-refractivity contribution in [1.82, 2.24) is 10.1 Å². The zero-order valence-corrected chi connectivity index (χ0v) is 17.3. The topological polar surface area (TPSA) is 69.7 Å². The first-order chi connectivity index (χ1) is 14.6. The van der Waals surface area contributed by atoms with Crippen molar-refractivity contribution in [2.45, 2.75) is 25.2 Å². The molecule has 1 saturated heterocycles. The fourth-order valence-corrected chi connectivity index (χ4v) is 4.89. The van der Waals surface area contributed by atoms with Gasteiger partial charge in [-0.15, -0.1) is 0 Å². The van der Waals surface area contributed by atoms with E-state index in [9.17, 15) is 10.2 Å². The first kappa shape index (κ1) is 19.3. The van der Waals surface area contributed by atoms with Gasteiger partial charge in [-0.1, -0.05) is 42.4 Å². The highest BCUT2D eigenvalue weighted by molar-refractivity contribution is 5.83. The molecule has 2 atom stereocenters. The van der Waals surface area contributed by atoms with Crippen molar-refractivity contribution in [2.75, 3.05) is 26.2 Å². The Kier molecular flexibility index (Phi) is 4.88. The number of phenolic OH excluding ortho intramolecular Hbond substituents is 1. The van der Waals surface area contributed by atoms with Gasteiger partial charge in [0.25, 0.3) is 0 Å². The van der Waals surface area contributed by atoms with Crippen LogP contribution in [0.5, 0.6) is 5.75 Å². The number of nitrogens with zero attached hydrogens (tertiary/aromatic N) is 2. The Labute approximate surface area is 176 Å². The molecule has 1 aromatic heterocycles. The number of aromatic hydroxyl groups is 1. The van der Waals surface area contributed by atoms with Crippen molar-refractivity contribution in [2.24, 2.45) is 11.8 Å². The summed E-state index contributed by atoms with van der Waals surface area (Å²) in [7, 11) is 0. The standard InChI is InChI=1S/C25H28N2O3/c1-17-13-27(14-20(17)15-28)16-25(11-12-25)24-22(18-5-3-2-4-6-18)23(26-30-24)19-7-9-21(29)10-8-19/h2-10,17,20,28-29H,11-16H2,1H3/t17-,20+/m0/s1. The van der Waals surface area contributed by atoms with Crippen LogP contribution in [0.25, 0.3) is 22.4 Å². The van der Waals surface area contributed by atoms with E-state index in [1.807, 2.05) is 30.3 Å². The summed E-state index contributed by atoms with van der Waals surface area (Å²) >= 11 is 0. The lowest BCUT2D eigenvalue weighted by atomic mass is 9.91. The summed E-state index contributed by atoms with van der Waals surface area (Å²) in [5, 5.41) is 23.8. The lowest BCUT2D eigenvalue weighted by Gasteiger charge is -2.22. The van der Waals surface area contributed by atoms with E-state index in [-0.39, 0.29) is 17.8 Å². The summed E-state index contributed by atoms with van der Waals surface area (Å²) in [6, 6.07) is 17.5. The molecule has 2 aliphatic rings. The highest BCUT2D eigenvalue weighted by Crippen LogP contribution is 2.54. The molecule has 30 heavy (non-hydrogen) atoms. The quantitative estimate of drug-likeness (QED) is 0.641. The Balaban J connectivity index is 1.53. The van der Waals surface area contributed by atoms with E-state index in [2.05, 4.69) is 29.1 Å². The molecule has 0 radical (unpaired) electrons. The molecule has 2 fully saturated rings. The molecule has 1 saturated carbocycles. The van der Waals surface area contributed by atoms with Gasteiger partial charge in [-0.2, -0.15) is 0 Å². The van der Waals surface area contributed by atoms with Crippen LogP contribution in [0.1, 0.15) is 25.5 Å². The Bertz CT molecular complexity index is 1010. The average Bonchev–Trinajstić information content (AvgIpc) is 3.24. The summed E-state index contributed by atoms with van der Waals surface area (Å²) in [6.07, 6.45) is 2.18. The van der Waals surface area contributed by atoms with E-state index < -0.39 is 0 Å². The molecule has 2 N–H and O–H groups in total. The second kappa shape index (κ2) is 7.56. The summed E-state index contributed by atoms with van der Waals surface area (Å²) in [6.45, 7) is 5.39. The fourth-order valence-electron chi connectivity index (χ4n) is 4.89. The summed E-state index contributed by atoms with van der Waals surface area (Å²) in [5.74, 6) is 2.08. The molecule has 2 heterocycles. The third-order valence-corrected chi connectivity index (χ3v) is 6.83. The molecule has 2 aromatic carbocycles. The van der Waals surface area contributed by atoms with Gasteiger partial charge in [0.15, 0.2) is 5.76 Å². The minimum absolute atomic E-state index is 0.0165. The van der Waals surface area contributed by atoms with Crippen LogP contribution in [0.3, 0.4) is 0 Å². The predicted molar refractivity (Wildman–Crippen MR) is 116 cm³/mol. The predicted octanol–water partition coefficient (Wildman–Crippen LogP) is 4.31. The van der Waals surface area contributed by atoms with Gasteiger partial charge in [0.05, 0.1) is 5.56 Å². The van der Waals surface area contributed by atoms with E-state index in [1.165, 1.54) is 0 Å². The van der Waals surface area contributed by atoms with Gasteiger partial charge >= 0.3 is 0 Å². The maximum absolute atomic E-state index is 9.69. The van der Waals surface area contributed by atoms with E-state index >= 15 is 0 Å². The Morgan fingerprint density at radius 1 is 1.03 bits per heavy atom. The molecule has 1 aliphatic heterocycles. The van der Waals surface area contributed by atoms with Gasteiger partial charge in [-0.3, -0.25) is 0 Å². The molecule has 5 nitrogen and oxygen atoms in total. The second-order valence-electron chi connectivity index (χ2n) is 9.04. The zero-order chi connectivity index (χ0) is 20.7. The van der Waals surface area contributed by atoms with Gasteiger partial charge in [0, 0.05) is 37.2 Å². The second-order valence-corrected chi connectivity index (χ2v) is 9.04. The summed E-state index contributed by atoms with van der Waals surface area (Å²) < 4.78 is 6.06. The van der Waals surface area contributed by atoms with Crippen LogP contribution in [0.15, 0.2) is 59.1 Å². The largest absolute Gasteiger partial charge is 0.508 e. The summed E-state index contributed by atoms with van der Waals surface area (Å²) in [5.41, 5.74) is 3.91. The smallest absolute Gasteiger partial charge is 0.152 e. The maximum atomic E-state index is 9.69. The van der Waals surface area contributed by atoms with Gasteiger partial charge in [-0.25, -0.2) is 0 Å². The van der Waals surface area contributed by atoms with Crippen LogP contribution < -0.4 is 0 Å². The average molecular weight is 405 g/mol. The van der Waals surface area contributed by atoms with Gasteiger partial charge < -0.3 is 19.6 Å². The minimum Gasteiger partial charge on any atom is -0.508 e. The van der Waals surface area contributed by atoms with Gasteiger partial charge in [-0.05, 0) is 54.5 Å². The summed E-state index contributed by atoms with van der Waals surface area (Å²) in [4.78, 5) is 2.48. The lowest BCUT2D eigenvalue weighted by Crippen LogP contribution is -2.31. The van der Waals surface area contributed by atoms with Crippen molar-refractivity contribution in [1.29, 1.82) is 0 Å². The highest BCUT2D eigenvalue weighted by atomic mass is 16.5. The molecule has 0 bridgehead atoms. The highest BCUT2D eigenvalue weighted by Gasteiger charge is 2.52. The van der Waals surface area contributed by atoms with Crippen LogP contribution in [-0.4, -0.2) is 46.5 Å². The van der Waals surface area contributed by atoms with Crippen molar-refractivity contribution >= 4 is 0 Å². The number of aromatic nitrogens is 1. The van der Waals surface area contributed by atoms with E-state index in [1.54, 1.807) is 12.1 Å². The van der Waals surface area contributed by atoms with Crippen molar-refractivity contribution in [3.8, 4) is 28.1 Å². The lowest BCUT2D eigenvalue weighted by molar-refractivity contribution is 0.201. The van der Waals surface area contributed by atoms with E-state index in [4.69, 9.17) is 4.52 Å². The van der Waals surface area contributed by atoms with Crippen molar-refractivity contribution in [3.63, 3.8) is 0 Å². The first-order valence-corrected chi connectivity index (χ1v) is 10.8. The number of hydrogen-bond donors (Lipinski definition) is 2. The molecule has 3 aromatic rings. The molecule has 0 spiro atoms. The number of hydrogen-bond acceptors (Lipinski definition) is 5. The SMILES string of the molecule is C[C@H]1CN(CC2(c3onc(-c4ccc(O)cc4)c3-c3ccccc3)CC2)C[C@@H]1CO. The van der Waals surface area contributed by atoms with Crippen LogP contribution in [-0.2, 0) is 5.41 Å². The Morgan fingerprint density at radius 2 is 1.77 bits per heavy atom. The molecule has 5 rings (SSSR count). The molecular weight excluding hydrogens is 376 g/mol. The number of aliphatic hydroxyl groups excluding tert-OH is 1. The number of aliphatic hydroxyl groups is 1. The van der Waals surface area contributed by atoms with Crippen molar-refractivity contribution < 1.29 is 14.7 Å². The molecule has 1 aliphatic carbocycles. The third-order valence-electron chi connectivity index (χ3n) is 6.83.